The van der Waals surface area contributed by atoms with Crippen molar-refractivity contribution in [3.8, 4) is 0 Å². The van der Waals surface area contributed by atoms with E-state index < -0.39 is 0 Å². The molecule has 0 aliphatic rings. The summed E-state index contributed by atoms with van der Waals surface area (Å²) in [5.74, 6) is 0. The van der Waals surface area contributed by atoms with Gasteiger partial charge in [-0.1, -0.05) is 59.1 Å². The number of hydrogen-bond acceptors (Lipinski definition) is 2. The van der Waals surface area contributed by atoms with Gasteiger partial charge in [-0.05, 0) is 24.3 Å². The molecule has 0 atom stereocenters. The lowest BCUT2D eigenvalue weighted by molar-refractivity contribution is 1.34. The number of nitrogens with zero attached hydrogens (tertiary/aromatic N) is 1. The van der Waals surface area contributed by atoms with E-state index in [1.54, 1.807) is 18.2 Å². The maximum absolute atomic E-state index is 6.09. The van der Waals surface area contributed by atoms with Gasteiger partial charge in [0.05, 0.1) is 21.3 Å². The van der Waals surface area contributed by atoms with E-state index in [4.69, 9.17) is 34.8 Å². The zero-order valence-electron chi connectivity index (χ0n) is 9.20. The van der Waals surface area contributed by atoms with Crippen LogP contribution in [0.15, 0.2) is 53.6 Å². The predicted molar refractivity (Wildman–Crippen MR) is 78.9 cm³/mol. The van der Waals surface area contributed by atoms with E-state index in [0.29, 0.717) is 15.6 Å². The van der Waals surface area contributed by atoms with E-state index in [9.17, 15) is 0 Å². The Morgan fingerprint density at radius 1 is 0.889 bits per heavy atom. The quantitative estimate of drug-likeness (QED) is 0.625. The summed E-state index contributed by atoms with van der Waals surface area (Å²) in [6.45, 7) is 0. The smallest absolute Gasteiger partial charge is 0.159 e. The first-order valence-corrected chi connectivity index (χ1v) is 6.30. The summed E-state index contributed by atoms with van der Waals surface area (Å²) >= 11 is 18.1. The van der Waals surface area contributed by atoms with Crippen molar-refractivity contribution in [2.45, 2.75) is 0 Å². The summed E-state index contributed by atoms with van der Waals surface area (Å²) in [4.78, 5) is 0. The third-order valence-corrected chi connectivity index (χ3v) is 3.13. The van der Waals surface area contributed by atoms with E-state index >= 15 is 0 Å². The molecule has 0 aromatic heterocycles. The Hall–Kier alpha value is -1.22. The molecule has 0 bridgehead atoms. The Balaban J connectivity index is 2.24. The Morgan fingerprint density at radius 2 is 1.50 bits per heavy atom. The van der Waals surface area contributed by atoms with Crippen LogP contribution >= 0.6 is 34.8 Å². The molecule has 0 aliphatic carbocycles. The second-order valence-electron chi connectivity index (χ2n) is 3.48. The molecule has 0 aliphatic heterocycles. The van der Waals surface area contributed by atoms with Crippen molar-refractivity contribution >= 4 is 45.7 Å². The van der Waals surface area contributed by atoms with E-state index in [0.717, 1.165) is 5.69 Å². The minimum Gasteiger partial charge on any atom is -0.277 e. The highest BCUT2D eigenvalue weighted by Gasteiger charge is 2.10. The molecule has 2 nitrogen and oxygen atoms in total. The molecule has 0 radical (unpaired) electrons. The standard InChI is InChI=1S/C13H9Cl3N2/c14-10-7-4-8-11(15)12(10)13(16)18-17-9-5-2-1-3-6-9/h1-8,17H. The van der Waals surface area contributed by atoms with Crippen molar-refractivity contribution in [1.29, 1.82) is 0 Å². The van der Waals surface area contributed by atoms with Crippen LogP contribution in [0.2, 0.25) is 10.0 Å². The number of hydrazone groups is 1. The molecule has 0 heterocycles. The Bertz CT molecular complexity index is 547. The summed E-state index contributed by atoms with van der Waals surface area (Å²) in [6.07, 6.45) is 0. The van der Waals surface area contributed by atoms with Crippen molar-refractivity contribution in [3.05, 3.63) is 64.1 Å². The average Bonchev–Trinajstić information content (AvgIpc) is 2.37. The van der Waals surface area contributed by atoms with Crippen LogP contribution in [0.1, 0.15) is 5.56 Å². The predicted octanol–water partition coefficient (Wildman–Crippen LogP) is 5.01. The summed E-state index contributed by atoms with van der Waals surface area (Å²) in [6, 6.07) is 14.6. The van der Waals surface area contributed by atoms with Gasteiger partial charge in [-0.25, -0.2) is 0 Å². The molecule has 2 aromatic rings. The normalized spacial score (nSPS) is 11.4. The highest BCUT2D eigenvalue weighted by Crippen LogP contribution is 2.26. The molecule has 0 fully saturated rings. The van der Waals surface area contributed by atoms with Crippen LogP contribution < -0.4 is 5.43 Å². The number of rotatable bonds is 3. The molecule has 2 aromatic carbocycles. The molecule has 0 saturated carbocycles. The Morgan fingerprint density at radius 3 is 2.11 bits per heavy atom. The van der Waals surface area contributed by atoms with Gasteiger partial charge in [0.25, 0.3) is 0 Å². The third kappa shape index (κ3) is 3.16. The van der Waals surface area contributed by atoms with Gasteiger partial charge >= 0.3 is 0 Å². The van der Waals surface area contributed by atoms with Crippen LogP contribution in [0.25, 0.3) is 0 Å². The Kier molecular flexibility index (Phi) is 4.48. The van der Waals surface area contributed by atoms with Crippen LogP contribution in [0, 0.1) is 0 Å². The highest BCUT2D eigenvalue weighted by atomic mass is 35.5. The van der Waals surface area contributed by atoms with Gasteiger partial charge in [-0.3, -0.25) is 5.43 Å². The average molecular weight is 300 g/mol. The maximum Gasteiger partial charge on any atom is 0.159 e. The topological polar surface area (TPSA) is 24.4 Å². The minimum atomic E-state index is 0.217. The fourth-order valence-corrected chi connectivity index (χ4v) is 2.30. The second-order valence-corrected chi connectivity index (χ2v) is 4.65. The molecular formula is C13H9Cl3N2. The lowest BCUT2D eigenvalue weighted by Gasteiger charge is -2.05. The van der Waals surface area contributed by atoms with Crippen molar-refractivity contribution in [2.24, 2.45) is 5.10 Å². The zero-order valence-corrected chi connectivity index (χ0v) is 11.5. The fourth-order valence-electron chi connectivity index (χ4n) is 1.38. The first kappa shape index (κ1) is 13.2. The fraction of sp³-hybridized carbons (Fsp3) is 0. The Labute approximate surface area is 120 Å². The summed E-state index contributed by atoms with van der Waals surface area (Å²) in [7, 11) is 0. The molecule has 18 heavy (non-hydrogen) atoms. The molecule has 0 unspecified atom stereocenters. The van der Waals surface area contributed by atoms with Crippen LogP contribution in [-0.4, -0.2) is 5.17 Å². The highest BCUT2D eigenvalue weighted by molar-refractivity contribution is 6.71. The zero-order chi connectivity index (χ0) is 13.0. The summed E-state index contributed by atoms with van der Waals surface area (Å²) in [5.41, 5.74) is 4.19. The van der Waals surface area contributed by atoms with Gasteiger partial charge in [0.1, 0.15) is 0 Å². The third-order valence-electron chi connectivity index (χ3n) is 2.23. The number of para-hydroxylation sites is 1. The lowest BCUT2D eigenvalue weighted by Crippen LogP contribution is -1.99. The summed E-state index contributed by atoms with van der Waals surface area (Å²) in [5, 5.41) is 5.19. The second kappa shape index (κ2) is 6.10. The van der Waals surface area contributed by atoms with Gasteiger partial charge in [0, 0.05) is 0 Å². The van der Waals surface area contributed by atoms with Crippen LogP contribution in [0.5, 0.6) is 0 Å². The van der Waals surface area contributed by atoms with Crippen molar-refractivity contribution in [3.63, 3.8) is 0 Å². The van der Waals surface area contributed by atoms with E-state index in [2.05, 4.69) is 10.5 Å². The van der Waals surface area contributed by atoms with E-state index in [1.807, 2.05) is 30.3 Å². The maximum atomic E-state index is 6.09. The number of anilines is 1. The molecule has 5 heteroatoms. The number of hydrogen-bond donors (Lipinski definition) is 1. The van der Waals surface area contributed by atoms with E-state index in [1.165, 1.54) is 0 Å². The number of benzene rings is 2. The first-order valence-electron chi connectivity index (χ1n) is 5.17. The van der Waals surface area contributed by atoms with Gasteiger partial charge in [-0.2, -0.15) is 5.10 Å². The van der Waals surface area contributed by atoms with Crippen LogP contribution in [0.3, 0.4) is 0 Å². The van der Waals surface area contributed by atoms with Crippen molar-refractivity contribution in [2.75, 3.05) is 5.43 Å². The molecule has 92 valence electrons. The molecule has 1 N–H and O–H groups in total. The molecule has 0 amide bonds. The van der Waals surface area contributed by atoms with Crippen molar-refractivity contribution in [1.82, 2.24) is 0 Å². The molecule has 0 saturated heterocycles. The van der Waals surface area contributed by atoms with Crippen molar-refractivity contribution < 1.29 is 0 Å². The molecule has 2 rings (SSSR count). The van der Waals surface area contributed by atoms with Crippen LogP contribution in [-0.2, 0) is 0 Å². The van der Waals surface area contributed by atoms with Gasteiger partial charge in [0.15, 0.2) is 5.17 Å². The van der Waals surface area contributed by atoms with Gasteiger partial charge < -0.3 is 0 Å². The molecular weight excluding hydrogens is 291 g/mol. The monoisotopic (exact) mass is 298 g/mol. The minimum absolute atomic E-state index is 0.217. The van der Waals surface area contributed by atoms with Gasteiger partial charge in [-0.15, -0.1) is 0 Å². The lowest BCUT2D eigenvalue weighted by atomic mass is 10.2. The molecule has 0 spiro atoms. The van der Waals surface area contributed by atoms with E-state index in [-0.39, 0.29) is 5.17 Å². The van der Waals surface area contributed by atoms with Gasteiger partial charge in [0.2, 0.25) is 0 Å². The number of halogens is 3. The summed E-state index contributed by atoms with van der Waals surface area (Å²) < 4.78 is 0. The largest absolute Gasteiger partial charge is 0.277 e. The van der Waals surface area contributed by atoms with Crippen LogP contribution in [0.4, 0.5) is 5.69 Å². The SMILES string of the molecule is ClC(=NNc1ccccc1)c1c(Cl)cccc1Cl. The first-order chi connectivity index (χ1) is 8.68. The number of nitrogens with one attached hydrogen (secondary N) is 1.